The van der Waals surface area contributed by atoms with Crippen LogP contribution in [0.2, 0.25) is 0 Å². The van der Waals surface area contributed by atoms with Gasteiger partial charge in [0.1, 0.15) is 0 Å². The second kappa shape index (κ2) is 6.25. The molecule has 0 unspecified atom stereocenters. The van der Waals surface area contributed by atoms with E-state index in [2.05, 4.69) is 0 Å². The van der Waals surface area contributed by atoms with E-state index in [-0.39, 0.29) is 23.8 Å². The Morgan fingerprint density at radius 2 is 1.79 bits per heavy atom. The molecule has 0 heterocycles. The second-order valence-electron chi connectivity index (χ2n) is 3.89. The smallest absolute Gasteiger partial charge is 0.313 e. The highest BCUT2D eigenvalue weighted by Gasteiger charge is 2.38. The van der Waals surface area contributed by atoms with Gasteiger partial charge in [-0.2, -0.15) is 0 Å². The number of esters is 1. The van der Waals surface area contributed by atoms with Gasteiger partial charge in [-0.25, -0.2) is 0 Å². The lowest BCUT2D eigenvalue weighted by molar-refractivity contribution is -0.153. The van der Waals surface area contributed by atoms with E-state index in [0.29, 0.717) is 6.54 Å². The third-order valence-electron chi connectivity index (χ3n) is 3.07. The predicted octanol–water partition coefficient (Wildman–Crippen LogP) is 1.88. The normalized spacial score (nSPS) is 20.4. The molecular formula is C10H20ClNO2. The molecule has 0 aliphatic heterocycles. The molecule has 1 fully saturated rings. The molecule has 1 saturated carbocycles. The van der Waals surface area contributed by atoms with Gasteiger partial charge < -0.3 is 10.5 Å². The zero-order chi connectivity index (χ0) is 9.73. The molecule has 0 bridgehead atoms. The summed E-state index contributed by atoms with van der Waals surface area (Å²) in [7, 11) is 1.45. The number of carbonyl (C=O) groups excluding carboxylic acids is 1. The van der Waals surface area contributed by atoms with Crippen molar-refractivity contribution in [3.8, 4) is 0 Å². The van der Waals surface area contributed by atoms with E-state index in [1.54, 1.807) is 0 Å². The Morgan fingerprint density at radius 1 is 1.29 bits per heavy atom. The summed E-state index contributed by atoms with van der Waals surface area (Å²) < 4.78 is 4.82. The third kappa shape index (κ3) is 2.85. The van der Waals surface area contributed by atoms with Gasteiger partial charge in [0.25, 0.3) is 0 Å². The van der Waals surface area contributed by atoms with Crippen LogP contribution in [0.15, 0.2) is 0 Å². The fourth-order valence-corrected chi connectivity index (χ4v) is 2.11. The molecule has 0 aromatic carbocycles. The maximum Gasteiger partial charge on any atom is 0.313 e. The fourth-order valence-electron chi connectivity index (χ4n) is 2.11. The highest BCUT2D eigenvalue weighted by atomic mass is 35.5. The lowest BCUT2D eigenvalue weighted by Gasteiger charge is -2.27. The van der Waals surface area contributed by atoms with Crippen molar-refractivity contribution in [3.05, 3.63) is 0 Å². The van der Waals surface area contributed by atoms with Gasteiger partial charge in [0, 0.05) is 6.54 Å². The van der Waals surface area contributed by atoms with Gasteiger partial charge in [0.2, 0.25) is 0 Å². The Balaban J connectivity index is 0.00000169. The van der Waals surface area contributed by atoms with E-state index in [1.807, 2.05) is 0 Å². The van der Waals surface area contributed by atoms with Crippen molar-refractivity contribution in [1.29, 1.82) is 0 Å². The summed E-state index contributed by atoms with van der Waals surface area (Å²) in [5, 5.41) is 0. The number of nitrogens with two attached hydrogens (primary N) is 1. The van der Waals surface area contributed by atoms with Crippen LogP contribution >= 0.6 is 12.4 Å². The Morgan fingerprint density at radius 3 is 2.14 bits per heavy atom. The number of hydrogen-bond donors (Lipinski definition) is 1. The second-order valence-corrected chi connectivity index (χ2v) is 3.89. The van der Waals surface area contributed by atoms with Crippen LogP contribution in [0.4, 0.5) is 0 Å². The average molecular weight is 222 g/mol. The number of hydrogen-bond acceptors (Lipinski definition) is 3. The summed E-state index contributed by atoms with van der Waals surface area (Å²) in [5.74, 6) is -0.114. The Kier molecular flexibility index (Phi) is 6.12. The lowest BCUT2D eigenvalue weighted by Crippen LogP contribution is -2.39. The summed E-state index contributed by atoms with van der Waals surface area (Å²) in [6.07, 6.45) is 6.45. The Hall–Kier alpha value is -0.280. The van der Waals surface area contributed by atoms with Crippen LogP contribution in [0.3, 0.4) is 0 Å². The number of ether oxygens (including phenoxy) is 1. The largest absolute Gasteiger partial charge is 0.469 e. The molecule has 3 nitrogen and oxygen atoms in total. The van der Waals surface area contributed by atoms with Gasteiger partial charge >= 0.3 is 5.97 Å². The van der Waals surface area contributed by atoms with Crippen molar-refractivity contribution in [2.75, 3.05) is 13.7 Å². The van der Waals surface area contributed by atoms with Gasteiger partial charge in [0.05, 0.1) is 12.5 Å². The first-order chi connectivity index (χ1) is 6.25. The standard InChI is InChI=1S/C10H19NO2.ClH/c1-13-9(12)10(8-11)6-4-2-3-5-7-10;/h2-8,11H2,1H3;1H. The molecule has 14 heavy (non-hydrogen) atoms. The minimum Gasteiger partial charge on any atom is -0.469 e. The van der Waals surface area contributed by atoms with Crippen molar-refractivity contribution in [1.82, 2.24) is 0 Å². The van der Waals surface area contributed by atoms with Crippen molar-refractivity contribution < 1.29 is 9.53 Å². The summed E-state index contributed by atoms with van der Waals surface area (Å²) in [4.78, 5) is 11.6. The van der Waals surface area contributed by atoms with Crippen LogP contribution in [0, 0.1) is 5.41 Å². The van der Waals surface area contributed by atoms with E-state index in [1.165, 1.54) is 20.0 Å². The summed E-state index contributed by atoms with van der Waals surface area (Å²) in [6.45, 7) is 0.430. The van der Waals surface area contributed by atoms with E-state index in [9.17, 15) is 4.79 Å². The van der Waals surface area contributed by atoms with Crippen molar-refractivity contribution in [2.24, 2.45) is 11.1 Å². The Bertz CT molecular complexity index is 177. The zero-order valence-electron chi connectivity index (χ0n) is 8.75. The number of rotatable bonds is 2. The van der Waals surface area contributed by atoms with Gasteiger partial charge in [-0.3, -0.25) is 4.79 Å². The third-order valence-corrected chi connectivity index (χ3v) is 3.07. The van der Waals surface area contributed by atoms with Crippen LogP contribution in [0.25, 0.3) is 0 Å². The van der Waals surface area contributed by atoms with Crippen molar-refractivity contribution >= 4 is 18.4 Å². The quantitative estimate of drug-likeness (QED) is 0.572. The molecule has 4 heteroatoms. The Labute approximate surface area is 91.8 Å². The molecular weight excluding hydrogens is 202 g/mol. The first-order valence-electron chi connectivity index (χ1n) is 5.04. The summed E-state index contributed by atoms with van der Waals surface area (Å²) >= 11 is 0. The summed E-state index contributed by atoms with van der Waals surface area (Å²) in [6, 6.07) is 0. The van der Waals surface area contributed by atoms with Crippen LogP contribution in [0.1, 0.15) is 38.5 Å². The molecule has 0 atom stereocenters. The minimum absolute atomic E-state index is 0. The maximum atomic E-state index is 11.6. The molecule has 2 N–H and O–H groups in total. The van der Waals surface area contributed by atoms with Crippen LogP contribution < -0.4 is 5.73 Å². The molecule has 0 aromatic heterocycles. The molecule has 0 spiro atoms. The minimum atomic E-state index is -0.370. The van der Waals surface area contributed by atoms with E-state index >= 15 is 0 Å². The van der Waals surface area contributed by atoms with E-state index < -0.39 is 0 Å². The number of methoxy groups -OCH3 is 1. The monoisotopic (exact) mass is 221 g/mol. The highest BCUT2D eigenvalue weighted by molar-refractivity contribution is 5.85. The van der Waals surface area contributed by atoms with Gasteiger partial charge in [-0.15, -0.1) is 12.4 Å². The van der Waals surface area contributed by atoms with E-state index in [0.717, 1.165) is 25.7 Å². The molecule has 1 aliphatic carbocycles. The highest BCUT2D eigenvalue weighted by Crippen LogP contribution is 2.35. The molecule has 0 radical (unpaired) electrons. The maximum absolute atomic E-state index is 11.6. The SMILES string of the molecule is COC(=O)C1(CN)CCCCCC1.Cl. The van der Waals surface area contributed by atoms with Crippen molar-refractivity contribution in [2.45, 2.75) is 38.5 Å². The zero-order valence-corrected chi connectivity index (χ0v) is 9.57. The fraction of sp³-hybridized carbons (Fsp3) is 0.900. The van der Waals surface area contributed by atoms with Crippen molar-refractivity contribution in [3.63, 3.8) is 0 Å². The topological polar surface area (TPSA) is 52.3 Å². The van der Waals surface area contributed by atoms with E-state index in [4.69, 9.17) is 10.5 Å². The number of halogens is 1. The van der Waals surface area contributed by atoms with Gasteiger partial charge in [-0.1, -0.05) is 25.7 Å². The molecule has 0 aromatic rings. The predicted molar refractivity (Wildman–Crippen MR) is 58.5 cm³/mol. The lowest BCUT2D eigenvalue weighted by atomic mass is 9.80. The molecule has 0 amide bonds. The first-order valence-corrected chi connectivity index (χ1v) is 5.04. The summed E-state index contributed by atoms with van der Waals surface area (Å²) in [5.41, 5.74) is 5.31. The van der Waals surface area contributed by atoms with Crippen LogP contribution in [-0.2, 0) is 9.53 Å². The van der Waals surface area contributed by atoms with Crippen LogP contribution in [0.5, 0.6) is 0 Å². The van der Waals surface area contributed by atoms with Gasteiger partial charge in [-0.05, 0) is 12.8 Å². The first kappa shape index (κ1) is 13.7. The van der Waals surface area contributed by atoms with Gasteiger partial charge in [0.15, 0.2) is 0 Å². The van der Waals surface area contributed by atoms with Crippen LogP contribution in [-0.4, -0.2) is 19.6 Å². The number of carbonyl (C=O) groups is 1. The molecule has 1 aliphatic rings. The molecule has 84 valence electrons. The molecule has 1 rings (SSSR count). The molecule has 0 saturated heterocycles. The average Bonchev–Trinajstić information content (AvgIpc) is 2.42.